The number of ether oxygens (including phenoxy) is 1. The first kappa shape index (κ1) is 56.3. The monoisotopic (exact) mass is 926 g/mol. The van der Waals surface area contributed by atoms with Crippen molar-refractivity contribution in [2.24, 2.45) is 5.73 Å². The molecule has 3 unspecified atom stereocenters. The summed E-state index contributed by atoms with van der Waals surface area (Å²) >= 11 is 0. The highest BCUT2D eigenvalue weighted by molar-refractivity contribution is 5.35. The molecule has 8 N–H and O–H groups in total. The molecule has 6 aromatic rings. The van der Waals surface area contributed by atoms with E-state index >= 15 is 0 Å². The van der Waals surface area contributed by atoms with Crippen LogP contribution in [0.1, 0.15) is 111 Å². The average Bonchev–Trinajstić information content (AvgIpc) is 3.94. The lowest BCUT2D eigenvalue weighted by Gasteiger charge is -2.29. The summed E-state index contributed by atoms with van der Waals surface area (Å²) in [5, 5.41) is 50.0. The van der Waals surface area contributed by atoms with Crippen molar-refractivity contribution in [3.63, 3.8) is 0 Å². The second kappa shape index (κ2) is 27.7. The van der Waals surface area contributed by atoms with Crippen molar-refractivity contribution < 1.29 is 30.3 Å². The third-order valence-corrected chi connectivity index (χ3v) is 11.3. The van der Waals surface area contributed by atoms with Crippen LogP contribution in [-0.4, -0.2) is 123 Å². The molecule has 7 rings (SSSR count). The van der Waals surface area contributed by atoms with Crippen molar-refractivity contribution in [1.29, 1.82) is 0 Å². The molecular weight excluding hydrogens is 847 g/mol. The number of aromatic nitrogens is 6. The van der Waals surface area contributed by atoms with E-state index in [1.807, 2.05) is 58.2 Å². The highest BCUT2D eigenvalue weighted by Gasteiger charge is 2.25. The molecule has 0 saturated carbocycles. The summed E-state index contributed by atoms with van der Waals surface area (Å²) in [5.74, 6) is 2.69. The van der Waals surface area contributed by atoms with Gasteiger partial charge in [0, 0.05) is 101 Å². The van der Waals surface area contributed by atoms with Crippen molar-refractivity contribution in [2.75, 3.05) is 46.1 Å². The summed E-state index contributed by atoms with van der Waals surface area (Å²) in [4.78, 5) is 15.6. The number of nitrogens with two attached hydrogens (primary N) is 1. The first-order chi connectivity index (χ1) is 31.5. The van der Waals surface area contributed by atoms with Gasteiger partial charge >= 0.3 is 0 Å². The Labute approximate surface area is 399 Å². The Balaban J connectivity index is 0.000000255. The average molecular weight is 926 g/mol. The molecule has 0 aromatic carbocycles. The molecule has 368 valence electrons. The van der Waals surface area contributed by atoms with Gasteiger partial charge in [-0.3, -0.25) is 4.90 Å². The molecule has 0 bridgehead atoms. The van der Waals surface area contributed by atoms with Crippen molar-refractivity contribution in [3.05, 3.63) is 142 Å². The fourth-order valence-electron chi connectivity index (χ4n) is 7.22. The van der Waals surface area contributed by atoms with E-state index in [4.69, 9.17) is 20.7 Å². The van der Waals surface area contributed by atoms with Crippen molar-refractivity contribution in [3.8, 4) is 17.5 Å². The number of hydrogen-bond donors (Lipinski definition) is 7. The topological polar surface area (TPSA) is 208 Å². The van der Waals surface area contributed by atoms with Crippen molar-refractivity contribution in [2.45, 2.75) is 120 Å². The maximum absolute atomic E-state index is 10.5. The Morgan fingerprint density at radius 1 is 0.642 bits per heavy atom. The number of pyridine rings is 3. The maximum Gasteiger partial charge on any atom is 0.136 e. The SMILES string of the molecule is C.CCCN(CC(O)c1ccc(-n2c(C)ccc2C)nc1)[C@@H](C)CO.C[C@H](N)CO.Cc1ccc(C)n1-c1ccc(C(O)CN[C@@H](C)CO)cn1.Cc1ccc(C)n1-c1ccc(C2CO2)cn1. The third kappa shape index (κ3) is 16.6. The minimum Gasteiger partial charge on any atom is -0.395 e. The number of nitrogens with one attached hydrogen (secondary N) is 1. The highest BCUT2D eigenvalue weighted by Crippen LogP contribution is 2.29. The first-order valence-corrected chi connectivity index (χ1v) is 22.9. The molecule has 15 nitrogen and oxygen atoms in total. The molecule has 1 aliphatic heterocycles. The van der Waals surface area contributed by atoms with E-state index < -0.39 is 12.2 Å². The standard InChI is InChI=1S/C19H29N3O2.C16H23N3O2.C13H14N2O.C3H9NO.CH4/c1-5-10-21(16(4)13-23)12-18(24)17-8-9-19(20-11-17)22-14(2)6-7-15(22)3;1-11(10-20)17-9-15(21)14-6-7-16(18-8-14)19-12(2)4-5-13(19)3;1-9-3-4-10(2)15(9)13-6-5-11(7-14-13)12-8-16-12;1-3(4)2-5;/h6-9,11,16,18,23-24H,5,10,12-13H2,1-4H3;4-8,11,15,17,20-21H,9-10H2,1-3H3;3-7,12H,8H2,1-2H3;3,5H,2,4H2,1H3;1H4/t16-,18?;11-,15?;;3-;/m00.0./s1. The van der Waals surface area contributed by atoms with Crippen LogP contribution in [0, 0.1) is 41.5 Å². The first-order valence-electron chi connectivity index (χ1n) is 22.9. The van der Waals surface area contributed by atoms with Crippen LogP contribution in [0.2, 0.25) is 0 Å². The Kier molecular flexibility index (Phi) is 23.2. The van der Waals surface area contributed by atoms with Crippen LogP contribution in [-0.2, 0) is 4.74 Å². The molecule has 6 aromatic heterocycles. The van der Waals surface area contributed by atoms with Gasteiger partial charge in [0.15, 0.2) is 0 Å². The lowest BCUT2D eigenvalue weighted by Crippen LogP contribution is -2.39. The van der Waals surface area contributed by atoms with Crippen LogP contribution >= 0.6 is 0 Å². The zero-order valence-electron chi connectivity index (χ0n) is 40.6. The molecule has 0 aliphatic carbocycles. The molecule has 0 radical (unpaired) electrons. The molecule has 7 heterocycles. The zero-order valence-corrected chi connectivity index (χ0v) is 40.6. The molecule has 0 spiro atoms. The van der Waals surface area contributed by atoms with Crippen LogP contribution in [0.3, 0.4) is 0 Å². The Morgan fingerprint density at radius 2 is 1.04 bits per heavy atom. The fourth-order valence-corrected chi connectivity index (χ4v) is 7.22. The molecule has 1 aliphatic rings. The smallest absolute Gasteiger partial charge is 0.136 e. The van der Waals surface area contributed by atoms with Crippen molar-refractivity contribution >= 4 is 0 Å². The number of aliphatic hydroxyl groups excluding tert-OH is 5. The van der Waals surface area contributed by atoms with Crippen LogP contribution < -0.4 is 11.1 Å². The summed E-state index contributed by atoms with van der Waals surface area (Å²) < 4.78 is 11.5. The number of nitrogens with zero attached hydrogens (tertiary/aromatic N) is 7. The molecule has 1 saturated heterocycles. The summed E-state index contributed by atoms with van der Waals surface area (Å²) in [6.07, 6.45) is 5.38. The quantitative estimate of drug-likeness (QED) is 0.0481. The lowest BCUT2D eigenvalue weighted by molar-refractivity contribution is 0.0684. The number of hydrogen-bond acceptors (Lipinski definition) is 12. The number of epoxide rings is 1. The summed E-state index contributed by atoms with van der Waals surface area (Å²) in [6.45, 7) is 22.9. The van der Waals surface area contributed by atoms with E-state index in [1.54, 1.807) is 19.3 Å². The van der Waals surface area contributed by atoms with Crippen LogP contribution in [0.15, 0.2) is 91.4 Å². The van der Waals surface area contributed by atoms with Crippen molar-refractivity contribution in [1.82, 2.24) is 38.9 Å². The summed E-state index contributed by atoms with van der Waals surface area (Å²) in [6, 6.07) is 24.2. The second-order valence-corrected chi connectivity index (χ2v) is 17.2. The van der Waals surface area contributed by atoms with Gasteiger partial charge in [0.2, 0.25) is 0 Å². The lowest BCUT2D eigenvalue weighted by atomic mass is 10.1. The molecule has 1 fully saturated rings. The van der Waals surface area contributed by atoms with Gasteiger partial charge in [-0.1, -0.05) is 32.5 Å². The molecule has 0 amide bonds. The number of rotatable bonds is 17. The second-order valence-electron chi connectivity index (χ2n) is 17.2. The van der Waals surface area contributed by atoms with Gasteiger partial charge in [0.25, 0.3) is 0 Å². The largest absolute Gasteiger partial charge is 0.395 e. The van der Waals surface area contributed by atoms with Gasteiger partial charge in [0.05, 0.1) is 38.6 Å². The van der Waals surface area contributed by atoms with Crippen LogP contribution in [0.25, 0.3) is 17.5 Å². The highest BCUT2D eigenvalue weighted by atomic mass is 16.6. The Hall–Kier alpha value is -5.07. The third-order valence-electron chi connectivity index (χ3n) is 11.3. The predicted octanol–water partition coefficient (Wildman–Crippen LogP) is 6.63. The van der Waals surface area contributed by atoms with Gasteiger partial charge in [-0.15, -0.1) is 0 Å². The summed E-state index contributed by atoms with van der Waals surface area (Å²) in [7, 11) is 0. The minimum atomic E-state index is -0.632. The summed E-state index contributed by atoms with van der Waals surface area (Å²) in [5.41, 5.74) is 14.7. The van der Waals surface area contributed by atoms with E-state index in [2.05, 4.69) is 122 Å². The van der Waals surface area contributed by atoms with E-state index in [1.165, 1.54) is 17.0 Å². The van der Waals surface area contributed by atoms with E-state index in [9.17, 15) is 15.3 Å². The van der Waals surface area contributed by atoms with E-state index in [0.717, 1.165) is 70.9 Å². The van der Waals surface area contributed by atoms with Gasteiger partial charge in [-0.25, -0.2) is 15.0 Å². The molecule has 67 heavy (non-hydrogen) atoms. The van der Waals surface area contributed by atoms with Gasteiger partial charge in [-0.2, -0.15) is 0 Å². The Bertz CT molecular complexity index is 2240. The minimum absolute atomic E-state index is 0. The Morgan fingerprint density at radius 3 is 1.36 bits per heavy atom. The van der Waals surface area contributed by atoms with Crippen LogP contribution in [0.4, 0.5) is 0 Å². The van der Waals surface area contributed by atoms with Gasteiger partial charge < -0.3 is 55.0 Å². The molecule has 6 atom stereocenters. The van der Waals surface area contributed by atoms with E-state index in [0.29, 0.717) is 13.1 Å². The predicted molar refractivity (Wildman–Crippen MR) is 268 cm³/mol. The fraction of sp³-hybridized carbons (Fsp3) is 0.481. The molecular formula is C52H79N9O6. The normalized spacial score (nSPS) is 15.1. The number of aryl methyl sites for hydroxylation is 6. The zero-order chi connectivity index (χ0) is 48.5. The number of aliphatic hydroxyl groups is 5. The van der Waals surface area contributed by atoms with E-state index in [-0.39, 0.29) is 51.5 Å². The molecule has 15 heteroatoms. The maximum atomic E-state index is 10.5. The van der Waals surface area contributed by atoms with Gasteiger partial charge in [0.1, 0.15) is 23.6 Å². The van der Waals surface area contributed by atoms with Crippen LogP contribution in [0.5, 0.6) is 0 Å². The van der Waals surface area contributed by atoms with Gasteiger partial charge in [-0.05, 0) is 130 Å².